The van der Waals surface area contributed by atoms with E-state index in [1.54, 1.807) is 24.3 Å². The Morgan fingerprint density at radius 3 is 2.20 bits per heavy atom. The molecule has 0 unspecified atom stereocenters. The zero-order valence-electron chi connectivity index (χ0n) is 11.0. The predicted octanol–water partition coefficient (Wildman–Crippen LogP) is 3.17. The van der Waals surface area contributed by atoms with E-state index >= 15 is 0 Å². The summed E-state index contributed by atoms with van der Waals surface area (Å²) in [7, 11) is 0. The topological polar surface area (TPSA) is 46.2 Å². The van der Waals surface area contributed by atoms with Gasteiger partial charge in [-0.05, 0) is 42.7 Å². The first-order valence-corrected chi connectivity index (χ1v) is 6.67. The summed E-state index contributed by atoms with van der Waals surface area (Å²) in [4.78, 5) is 23.1. The molecular formula is C17H15NO2. The van der Waals surface area contributed by atoms with Crippen LogP contribution in [0.2, 0.25) is 0 Å². The monoisotopic (exact) mass is 265 g/mol. The molecule has 3 nitrogen and oxygen atoms in total. The lowest BCUT2D eigenvalue weighted by molar-refractivity contribution is -0.118. The van der Waals surface area contributed by atoms with Crippen LogP contribution in [0.25, 0.3) is 0 Å². The van der Waals surface area contributed by atoms with Crippen LogP contribution in [0.5, 0.6) is 0 Å². The summed E-state index contributed by atoms with van der Waals surface area (Å²) in [5, 5.41) is 2.94. The number of rotatable bonds is 4. The molecule has 0 bridgehead atoms. The van der Waals surface area contributed by atoms with E-state index in [0.717, 1.165) is 30.4 Å². The van der Waals surface area contributed by atoms with Crippen LogP contribution in [-0.2, 0) is 10.2 Å². The van der Waals surface area contributed by atoms with E-state index in [2.05, 4.69) is 5.32 Å². The van der Waals surface area contributed by atoms with Gasteiger partial charge in [0.15, 0.2) is 0 Å². The Labute approximate surface area is 117 Å². The molecule has 1 aliphatic rings. The van der Waals surface area contributed by atoms with Gasteiger partial charge in [0.25, 0.3) is 0 Å². The summed E-state index contributed by atoms with van der Waals surface area (Å²) in [6.45, 7) is 0. The van der Waals surface area contributed by atoms with Crippen LogP contribution in [-0.4, -0.2) is 12.2 Å². The van der Waals surface area contributed by atoms with Gasteiger partial charge in [0, 0.05) is 11.3 Å². The maximum atomic E-state index is 12.5. The molecule has 2 aromatic rings. The van der Waals surface area contributed by atoms with Gasteiger partial charge in [0.1, 0.15) is 6.29 Å². The van der Waals surface area contributed by atoms with Gasteiger partial charge in [0.2, 0.25) is 5.91 Å². The fourth-order valence-electron chi connectivity index (χ4n) is 2.42. The zero-order valence-corrected chi connectivity index (χ0v) is 11.0. The van der Waals surface area contributed by atoms with E-state index in [-0.39, 0.29) is 11.3 Å². The summed E-state index contributed by atoms with van der Waals surface area (Å²) in [5.74, 6) is 0.0301. The number of amides is 1. The molecule has 1 saturated carbocycles. The van der Waals surface area contributed by atoms with Crippen molar-refractivity contribution in [2.45, 2.75) is 18.3 Å². The van der Waals surface area contributed by atoms with E-state index in [1.165, 1.54) is 0 Å². The fraction of sp³-hybridized carbons (Fsp3) is 0.176. The van der Waals surface area contributed by atoms with Crippen LogP contribution in [0.1, 0.15) is 28.8 Å². The van der Waals surface area contributed by atoms with Crippen molar-refractivity contribution in [1.29, 1.82) is 0 Å². The third-order valence-electron chi connectivity index (χ3n) is 3.82. The van der Waals surface area contributed by atoms with Gasteiger partial charge < -0.3 is 5.32 Å². The SMILES string of the molecule is O=Cc1ccc(NC(=O)C2(c3ccccc3)CC2)cc1. The summed E-state index contributed by atoms with van der Waals surface area (Å²) in [6.07, 6.45) is 2.56. The number of hydrogen-bond acceptors (Lipinski definition) is 2. The van der Waals surface area contributed by atoms with E-state index in [0.29, 0.717) is 5.56 Å². The molecule has 0 radical (unpaired) electrons. The van der Waals surface area contributed by atoms with Crippen LogP contribution >= 0.6 is 0 Å². The highest BCUT2D eigenvalue weighted by molar-refractivity contribution is 6.01. The van der Waals surface area contributed by atoms with Crippen LogP contribution in [0.15, 0.2) is 54.6 Å². The van der Waals surface area contributed by atoms with Crippen molar-refractivity contribution in [3.05, 3.63) is 65.7 Å². The third kappa shape index (κ3) is 2.23. The van der Waals surface area contributed by atoms with Gasteiger partial charge in [0.05, 0.1) is 5.41 Å². The van der Waals surface area contributed by atoms with E-state index in [4.69, 9.17) is 0 Å². The Kier molecular flexibility index (Phi) is 3.11. The lowest BCUT2D eigenvalue weighted by atomic mass is 9.95. The van der Waals surface area contributed by atoms with E-state index < -0.39 is 0 Å². The van der Waals surface area contributed by atoms with Crippen LogP contribution in [0, 0.1) is 0 Å². The molecule has 0 heterocycles. The zero-order chi connectivity index (χ0) is 14.0. The second-order valence-corrected chi connectivity index (χ2v) is 5.14. The molecule has 3 rings (SSSR count). The third-order valence-corrected chi connectivity index (χ3v) is 3.82. The van der Waals surface area contributed by atoms with Crippen molar-refractivity contribution in [2.75, 3.05) is 5.32 Å². The second-order valence-electron chi connectivity index (χ2n) is 5.14. The smallest absolute Gasteiger partial charge is 0.235 e. The highest BCUT2D eigenvalue weighted by Gasteiger charge is 2.51. The summed E-state index contributed by atoms with van der Waals surface area (Å²) in [6, 6.07) is 16.8. The van der Waals surface area contributed by atoms with Crippen molar-refractivity contribution in [3.63, 3.8) is 0 Å². The molecule has 0 spiro atoms. The number of hydrogen-bond donors (Lipinski definition) is 1. The first kappa shape index (κ1) is 12.6. The lowest BCUT2D eigenvalue weighted by Crippen LogP contribution is -2.27. The first-order chi connectivity index (χ1) is 9.74. The van der Waals surface area contributed by atoms with Gasteiger partial charge in [-0.1, -0.05) is 30.3 Å². The van der Waals surface area contributed by atoms with Crippen molar-refractivity contribution < 1.29 is 9.59 Å². The maximum absolute atomic E-state index is 12.5. The molecule has 1 amide bonds. The highest BCUT2D eigenvalue weighted by atomic mass is 16.2. The molecule has 1 fully saturated rings. The largest absolute Gasteiger partial charge is 0.325 e. The number of anilines is 1. The number of carbonyl (C=O) groups is 2. The molecule has 1 N–H and O–H groups in total. The Hall–Kier alpha value is -2.42. The molecule has 0 aromatic heterocycles. The van der Waals surface area contributed by atoms with Crippen LogP contribution in [0.4, 0.5) is 5.69 Å². The molecule has 0 aliphatic heterocycles. The molecule has 100 valence electrons. The Balaban J connectivity index is 1.78. The Bertz CT molecular complexity index is 628. The molecular weight excluding hydrogens is 250 g/mol. The minimum atomic E-state index is -0.370. The lowest BCUT2D eigenvalue weighted by Gasteiger charge is -2.15. The minimum Gasteiger partial charge on any atom is -0.325 e. The van der Waals surface area contributed by atoms with Gasteiger partial charge in [-0.2, -0.15) is 0 Å². The standard InChI is InChI=1S/C17H15NO2/c19-12-13-6-8-15(9-7-13)18-16(20)17(10-11-17)14-4-2-1-3-5-14/h1-9,12H,10-11H2,(H,18,20). The summed E-state index contributed by atoms with van der Waals surface area (Å²) >= 11 is 0. The number of nitrogens with one attached hydrogen (secondary N) is 1. The fourth-order valence-corrected chi connectivity index (χ4v) is 2.42. The van der Waals surface area contributed by atoms with Gasteiger partial charge in [-0.3, -0.25) is 9.59 Å². The predicted molar refractivity (Wildman–Crippen MR) is 77.8 cm³/mol. The molecule has 20 heavy (non-hydrogen) atoms. The van der Waals surface area contributed by atoms with Gasteiger partial charge in [-0.15, -0.1) is 0 Å². The van der Waals surface area contributed by atoms with Crippen molar-refractivity contribution in [3.8, 4) is 0 Å². The van der Waals surface area contributed by atoms with E-state index in [1.807, 2.05) is 30.3 Å². The summed E-state index contributed by atoms with van der Waals surface area (Å²) < 4.78 is 0. The molecule has 3 heteroatoms. The Morgan fingerprint density at radius 1 is 1.00 bits per heavy atom. The number of carbonyl (C=O) groups excluding carboxylic acids is 2. The normalized spacial score (nSPS) is 15.4. The van der Waals surface area contributed by atoms with Crippen molar-refractivity contribution >= 4 is 17.9 Å². The quantitative estimate of drug-likeness (QED) is 0.863. The molecule has 0 atom stereocenters. The van der Waals surface area contributed by atoms with Gasteiger partial charge in [-0.25, -0.2) is 0 Å². The minimum absolute atomic E-state index is 0.0301. The van der Waals surface area contributed by atoms with Gasteiger partial charge >= 0.3 is 0 Å². The second kappa shape index (κ2) is 4.93. The van der Waals surface area contributed by atoms with E-state index in [9.17, 15) is 9.59 Å². The summed E-state index contributed by atoms with van der Waals surface area (Å²) in [5.41, 5.74) is 2.03. The maximum Gasteiger partial charge on any atom is 0.235 e. The number of aldehydes is 1. The van der Waals surface area contributed by atoms with Crippen LogP contribution < -0.4 is 5.32 Å². The van der Waals surface area contributed by atoms with Crippen molar-refractivity contribution in [2.24, 2.45) is 0 Å². The molecule has 1 aliphatic carbocycles. The highest BCUT2D eigenvalue weighted by Crippen LogP contribution is 2.48. The molecule has 2 aromatic carbocycles. The average Bonchev–Trinajstić information content (AvgIpc) is 3.31. The Morgan fingerprint density at radius 2 is 1.65 bits per heavy atom. The number of benzene rings is 2. The van der Waals surface area contributed by atoms with Crippen molar-refractivity contribution in [1.82, 2.24) is 0 Å². The van der Waals surface area contributed by atoms with Crippen LogP contribution in [0.3, 0.4) is 0 Å². The first-order valence-electron chi connectivity index (χ1n) is 6.67. The molecule has 0 saturated heterocycles. The average molecular weight is 265 g/mol.